The molecular weight excluding hydrogens is 268 g/mol. The third-order valence-corrected chi connectivity index (χ3v) is 3.11. The first-order valence-electron chi connectivity index (χ1n) is 7.25. The Labute approximate surface area is 128 Å². The summed E-state index contributed by atoms with van der Waals surface area (Å²) in [6.45, 7) is 15.5. The Hall–Kier alpha value is -1.52. The van der Waals surface area contributed by atoms with Gasteiger partial charge in [0.2, 0.25) is 5.90 Å². The summed E-state index contributed by atoms with van der Waals surface area (Å²) in [7, 11) is 1.58. The molecule has 0 aromatic heterocycles. The summed E-state index contributed by atoms with van der Waals surface area (Å²) in [5, 5.41) is 0. The molecule has 0 saturated heterocycles. The fourth-order valence-corrected chi connectivity index (χ4v) is 2.27. The van der Waals surface area contributed by atoms with Gasteiger partial charge < -0.3 is 9.47 Å². The lowest BCUT2D eigenvalue weighted by Gasteiger charge is -2.36. The molecular formula is C16H28N2O3. The lowest BCUT2D eigenvalue weighted by molar-refractivity contribution is 0.00241. The standard InChI is InChI=1S/C16H28N2O3/c1-9-10-11-12(20-8)17-13(15(2,3)4)18(11)14(19)21-16(5,6)7/h9,11,13H,1,10H2,2-8H3/t11-,13+/m0/s1. The van der Waals surface area contributed by atoms with Crippen LogP contribution in [0.4, 0.5) is 4.79 Å². The highest BCUT2D eigenvalue weighted by Gasteiger charge is 2.46. The summed E-state index contributed by atoms with van der Waals surface area (Å²) in [6, 6.07) is -0.258. The van der Waals surface area contributed by atoms with Crippen LogP contribution >= 0.6 is 0 Å². The average molecular weight is 296 g/mol. The molecule has 5 nitrogen and oxygen atoms in total. The van der Waals surface area contributed by atoms with Crippen LogP contribution in [0.2, 0.25) is 0 Å². The van der Waals surface area contributed by atoms with Crippen LogP contribution < -0.4 is 0 Å². The van der Waals surface area contributed by atoms with E-state index in [0.29, 0.717) is 12.3 Å². The van der Waals surface area contributed by atoms with Gasteiger partial charge in [-0.05, 0) is 27.2 Å². The van der Waals surface area contributed by atoms with E-state index >= 15 is 0 Å². The molecule has 1 heterocycles. The van der Waals surface area contributed by atoms with Gasteiger partial charge in [0, 0.05) is 5.41 Å². The number of carbonyl (C=O) groups excluding carboxylic acids is 1. The van der Waals surface area contributed by atoms with Crippen LogP contribution in [0.5, 0.6) is 0 Å². The number of hydrogen-bond donors (Lipinski definition) is 0. The second-order valence-corrected chi connectivity index (χ2v) is 7.34. The molecule has 5 heteroatoms. The SMILES string of the molecule is C=CC[C@H]1C(OC)=N[C@@H](C(C)(C)C)N1C(=O)OC(C)(C)C. The van der Waals surface area contributed by atoms with Gasteiger partial charge in [-0.3, -0.25) is 4.90 Å². The highest BCUT2D eigenvalue weighted by Crippen LogP contribution is 2.34. The molecule has 0 N–H and O–H groups in total. The number of carbonyl (C=O) groups is 1. The monoisotopic (exact) mass is 296 g/mol. The second kappa shape index (κ2) is 6.08. The lowest BCUT2D eigenvalue weighted by Crippen LogP contribution is -2.50. The van der Waals surface area contributed by atoms with Crippen molar-refractivity contribution in [1.82, 2.24) is 4.90 Å². The maximum atomic E-state index is 12.6. The Kier molecular flexibility index (Phi) is 5.07. The zero-order valence-corrected chi connectivity index (χ0v) is 14.3. The van der Waals surface area contributed by atoms with Crippen molar-refractivity contribution < 1.29 is 14.3 Å². The topological polar surface area (TPSA) is 51.1 Å². The smallest absolute Gasteiger partial charge is 0.412 e. The van der Waals surface area contributed by atoms with E-state index in [1.807, 2.05) is 41.5 Å². The van der Waals surface area contributed by atoms with E-state index in [0.717, 1.165) is 0 Å². The quantitative estimate of drug-likeness (QED) is 0.732. The number of hydrogen-bond acceptors (Lipinski definition) is 4. The summed E-state index contributed by atoms with van der Waals surface area (Å²) >= 11 is 0. The van der Waals surface area contributed by atoms with Gasteiger partial charge >= 0.3 is 6.09 Å². The van der Waals surface area contributed by atoms with E-state index in [4.69, 9.17) is 9.47 Å². The van der Waals surface area contributed by atoms with Crippen LogP contribution in [0, 0.1) is 5.41 Å². The lowest BCUT2D eigenvalue weighted by atomic mass is 9.91. The van der Waals surface area contributed by atoms with Crippen LogP contribution in [0.3, 0.4) is 0 Å². The molecule has 1 aliphatic heterocycles. The largest absolute Gasteiger partial charge is 0.483 e. The van der Waals surface area contributed by atoms with Crippen molar-refractivity contribution in [3.8, 4) is 0 Å². The van der Waals surface area contributed by atoms with Gasteiger partial charge in [-0.2, -0.15) is 0 Å². The number of ether oxygens (including phenoxy) is 2. The Morgan fingerprint density at radius 1 is 1.33 bits per heavy atom. The van der Waals surface area contributed by atoms with E-state index in [-0.39, 0.29) is 23.7 Å². The van der Waals surface area contributed by atoms with Crippen molar-refractivity contribution >= 4 is 12.0 Å². The van der Waals surface area contributed by atoms with E-state index < -0.39 is 5.60 Å². The molecule has 0 unspecified atom stereocenters. The number of amides is 1. The fourth-order valence-electron chi connectivity index (χ4n) is 2.27. The summed E-state index contributed by atoms with van der Waals surface area (Å²) in [4.78, 5) is 18.9. The van der Waals surface area contributed by atoms with E-state index in [1.165, 1.54) is 0 Å². The zero-order chi connectivity index (χ0) is 16.4. The molecule has 0 radical (unpaired) electrons. The highest BCUT2D eigenvalue weighted by molar-refractivity contribution is 5.89. The number of nitrogens with zero attached hydrogens (tertiary/aromatic N) is 2. The maximum absolute atomic E-state index is 12.6. The second-order valence-electron chi connectivity index (χ2n) is 7.34. The van der Waals surface area contributed by atoms with Crippen LogP contribution in [0.15, 0.2) is 17.6 Å². The van der Waals surface area contributed by atoms with Crippen molar-refractivity contribution in [3.05, 3.63) is 12.7 Å². The first kappa shape index (κ1) is 17.5. The van der Waals surface area contributed by atoms with Gasteiger partial charge in [0.25, 0.3) is 0 Å². The van der Waals surface area contributed by atoms with Crippen molar-refractivity contribution in [2.45, 2.75) is 65.8 Å². The molecule has 0 aliphatic carbocycles. The predicted octanol–water partition coefficient (Wildman–Crippen LogP) is 3.60. The zero-order valence-electron chi connectivity index (χ0n) is 14.3. The molecule has 21 heavy (non-hydrogen) atoms. The summed E-state index contributed by atoms with van der Waals surface area (Å²) < 4.78 is 10.9. The van der Waals surface area contributed by atoms with Crippen molar-refractivity contribution in [1.29, 1.82) is 0 Å². The van der Waals surface area contributed by atoms with Gasteiger partial charge in [0.1, 0.15) is 17.8 Å². The summed E-state index contributed by atoms with van der Waals surface area (Å²) in [5.41, 5.74) is -0.759. The van der Waals surface area contributed by atoms with Crippen molar-refractivity contribution in [2.24, 2.45) is 10.4 Å². The first-order chi connectivity index (χ1) is 9.51. The average Bonchev–Trinajstić information content (AvgIpc) is 2.65. The van der Waals surface area contributed by atoms with Gasteiger partial charge in [-0.15, -0.1) is 6.58 Å². The first-order valence-corrected chi connectivity index (χ1v) is 7.25. The minimum Gasteiger partial charge on any atom is -0.483 e. The Balaban J connectivity index is 3.14. The van der Waals surface area contributed by atoms with Crippen molar-refractivity contribution in [2.75, 3.05) is 7.11 Å². The van der Waals surface area contributed by atoms with E-state index in [1.54, 1.807) is 18.1 Å². The summed E-state index contributed by atoms with van der Waals surface area (Å²) in [6.07, 6.45) is 1.66. The van der Waals surface area contributed by atoms with E-state index in [2.05, 4.69) is 11.6 Å². The molecule has 0 aromatic rings. The molecule has 0 bridgehead atoms. The maximum Gasteiger partial charge on any atom is 0.412 e. The molecule has 2 atom stereocenters. The van der Waals surface area contributed by atoms with Crippen LogP contribution in [-0.2, 0) is 9.47 Å². The van der Waals surface area contributed by atoms with Gasteiger partial charge in [-0.1, -0.05) is 26.8 Å². The number of aliphatic imine (C=N–C) groups is 1. The third-order valence-electron chi connectivity index (χ3n) is 3.11. The van der Waals surface area contributed by atoms with Crippen LogP contribution in [-0.4, -0.2) is 41.8 Å². The highest BCUT2D eigenvalue weighted by atomic mass is 16.6. The molecule has 120 valence electrons. The van der Waals surface area contributed by atoms with Gasteiger partial charge in [0.05, 0.1) is 7.11 Å². The molecule has 1 rings (SSSR count). The fraction of sp³-hybridized carbons (Fsp3) is 0.750. The molecule has 1 aliphatic rings. The molecule has 0 saturated carbocycles. The minimum absolute atomic E-state index is 0.212. The normalized spacial score (nSPS) is 22.8. The van der Waals surface area contributed by atoms with Gasteiger partial charge in [-0.25, -0.2) is 9.79 Å². The van der Waals surface area contributed by atoms with Crippen molar-refractivity contribution in [3.63, 3.8) is 0 Å². The number of methoxy groups -OCH3 is 1. The predicted molar refractivity (Wildman–Crippen MR) is 84.4 cm³/mol. The van der Waals surface area contributed by atoms with Crippen LogP contribution in [0.25, 0.3) is 0 Å². The molecule has 0 aromatic carbocycles. The number of rotatable bonds is 2. The molecule has 0 spiro atoms. The van der Waals surface area contributed by atoms with Gasteiger partial charge in [0.15, 0.2) is 0 Å². The summed E-state index contributed by atoms with van der Waals surface area (Å²) in [5.74, 6) is 0.556. The third kappa shape index (κ3) is 4.22. The van der Waals surface area contributed by atoms with Crippen LogP contribution in [0.1, 0.15) is 48.0 Å². The van der Waals surface area contributed by atoms with E-state index in [9.17, 15) is 4.79 Å². The Morgan fingerprint density at radius 3 is 2.29 bits per heavy atom. The molecule has 0 fully saturated rings. The minimum atomic E-state index is -0.548. The Bertz CT molecular complexity index is 430. The Morgan fingerprint density at radius 2 is 1.90 bits per heavy atom. The molecule has 1 amide bonds.